The normalized spacial score (nSPS) is 9.85. The van der Waals surface area contributed by atoms with Crippen LogP contribution in [0.1, 0.15) is 34.1 Å². The summed E-state index contributed by atoms with van der Waals surface area (Å²) in [5, 5.41) is 7.42. The predicted molar refractivity (Wildman–Crippen MR) is 48.4 cm³/mol. The second kappa shape index (κ2) is 10.9. The third-order valence-electron chi connectivity index (χ3n) is 0.942. The van der Waals surface area contributed by atoms with Gasteiger partial charge in [-0.1, -0.05) is 6.92 Å². The van der Waals surface area contributed by atoms with E-state index in [1.54, 1.807) is 0 Å². The molecular weight excluding hydrogens is 176 g/mol. The van der Waals surface area contributed by atoms with Crippen molar-refractivity contribution in [1.29, 1.82) is 0 Å². The molecule has 0 saturated carbocycles. The zero-order valence-electron chi connectivity index (χ0n) is 8.46. The molecule has 13 heavy (non-hydrogen) atoms. The maximum atomic E-state index is 10.2. The van der Waals surface area contributed by atoms with E-state index in [1.165, 1.54) is 6.92 Å². The first-order valence-corrected chi connectivity index (χ1v) is 3.76. The lowest BCUT2D eigenvalue weighted by molar-refractivity contribution is -0.145. The highest BCUT2D eigenvalue weighted by atomic mass is 16.5. The Morgan fingerprint density at radius 3 is 1.77 bits per heavy atom. The van der Waals surface area contributed by atoms with Crippen LogP contribution in [0, 0.1) is 0 Å². The second-order valence-electron chi connectivity index (χ2n) is 2.35. The second-order valence-corrected chi connectivity index (χ2v) is 2.35. The molecule has 0 fully saturated rings. The van der Waals surface area contributed by atoms with Crippen molar-refractivity contribution < 1.29 is 24.9 Å². The zero-order valence-corrected chi connectivity index (χ0v) is 8.46. The molecule has 1 unspecified atom stereocenters. The van der Waals surface area contributed by atoms with Gasteiger partial charge in [0.2, 0.25) is 0 Å². The number of carboxylic acid groups (broad SMARTS) is 1. The van der Waals surface area contributed by atoms with E-state index in [4.69, 9.17) is 14.6 Å². The quantitative estimate of drug-likeness (QED) is 0.651. The molecule has 0 aromatic heterocycles. The van der Waals surface area contributed by atoms with Gasteiger partial charge in [-0.05, 0) is 13.3 Å². The Kier molecular flexibility index (Phi) is 15.0. The van der Waals surface area contributed by atoms with E-state index in [2.05, 4.69) is 0 Å². The smallest absolute Gasteiger partial charge is 0.302 e. The molecule has 5 nitrogen and oxygen atoms in total. The molecule has 0 rings (SSSR count). The zero-order chi connectivity index (χ0) is 10.1. The lowest BCUT2D eigenvalue weighted by atomic mass is 10.3. The molecular formula is C8H18O5. The Balaban J connectivity index is -0.000000173. The first-order chi connectivity index (χ1) is 5.40. The van der Waals surface area contributed by atoms with Crippen LogP contribution in [-0.2, 0) is 14.3 Å². The molecule has 0 bridgehead atoms. The number of rotatable bonds is 2. The van der Waals surface area contributed by atoms with Crippen molar-refractivity contribution in [2.24, 2.45) is 0 Å². The van der Waals surface area contributed by atoms with Crippen molar-refractivity contribution in [3.8, 4) is 0 Å². The van der Waals surface area contributed by atoms with Crippen molar-refractivity contribution in [2.75, 3.05) is 0 Å². The van der Waals surface area contributed by atoms with Crippen LogP contribution in [0.3, 0.4) is 0 Å². The molecule has 0 aliphatic rings. The fourth-order valence-corrected chi connectivity index (χ4v) is 0.367. The van der Waals surface area contributed by atoms with Gasteiger partial charge in [-0.25, -0.2) is 0 Å². The number of carboxylic acids is 1. The van der Waals surface area contributed by atoms with Gasteiger partial charge in [0.05, 0.1) is 6.10 Å². The lowest BCUT2D eigenvalue weighted by Gasteiger charge is -2.06. The van der Waals surface area contributed by atoms with Gasteiger partial charge in [-0.15, -0.1) is 0 Å². The van der Waals surface area contributed by atoms with E-state index in [0.717, 1.165) is 13.3 Å². The minimum absolute atomic E-state index is 0. The van der Waals surface area contributed by atoms with Crippen LogP contribution in [0.2, 0.25) is 0 Å². The fraction of sp³-hybridized carbons (Fsp3) is 0.750. The van der Waals surface area contributed by atoms with Gasteiger partial charge in [0, 0.05) is 13.8 Å². The SMILES string of the molecule is CC(=O)O.CCC(C)OC(C)=O.O. The Hall–Kier alpha value is -1.10. The van der Waals surface area contributed by atoms with Gasteiger partial charge in [0.15, 0.2) is 0 Å². The van der Waals surface area contributed by atoms with E-state index in [9.17, 15) is 4.79 Å². The summed E-state index contributed by atoms with van der Waals surface area (Å²) in [6.45, 7) is 6.36. The molecule has 0 aromatic rings. The largest absolute Gasteiger partial charge is 0.481 e. The summed E-state index contributed by atoms with van der Waals surface area (Å²) in [7, 11) is 0. The first kappa shape index (κ1) is 17.8. The standard InChI is InChI=1S/C6H12O2.C2H4O2.H2O/c1-4-5(2)8-6(3)7;1-2(3)4;/h5H,4H2,1-3H3;1H3,(H,3,4);1H2. The summed E-state index contributed by atoms with van der Waals surface area (Å²) in [6, 6.07) is 0. The summed E-state index contributed by atoms with van der Waals surface area (Å²) in [5.41, 5.74) is 0. The van der Waals surface area contributed by atoms with E-state index < -0.39 is 5.97 Å². The maximum Gasteiger partial charge on any atom is 0.302 e. The fourth-order valence-electron chi connectivity index (χ4n) is 0.367. The van der Waals surface area contributed by atoms with Gasteiger partial charge in [0.25, 0.3) is 5.97 Å². The van der Waals surface area contributed by atoms with Gasteiger partial charge in [-0.3, -0.25) is 9.59 Å². The number of carbonyl (C=O) groups is 2. The highest BCUT2D eigenvalue weighted by molar-refractivity contribution is 5.66. The molecule has 0 amide bonds. The van der Waals surface area contributed by atoms with Crippen LogP contribution in [0.5, 0.6) is 0 Å². The predicted octanol–water partition coefficient (Wildman–Crippen LogP) is 0.614. The monoisotopic (exact) mass is 194 g/mol. The van der Waals surface area contributed by atoms with Crippen molar-refractivity contribution in [3.63, 3.8) is 0 Å². The molecule has 0 saturated heterocycles. The highest BCUT2D eigenvalue weighted by Gasteiger charge is 1.99. The van der Waals surface area contributed by atoms with Crippen LogP contribution in [-0.4, -0.2) is 28.6 Å². The third kappa shape index (κ3) is 36.0. The molecule has 5 heteroatoms. The van der Waals surface area contributed by atoms with Gasteiger partial charge < -0.3 is 15.3 Å². The van der Waals surface area contributed by atoms with Gasteiger partial charge >= 0.3 is 5.97 Å². The van der Waals surface area contributed by atoms with E-state index in [1.807, 2.05) is 13.8 Å². The molecule has 80 valence electrons. The van der Waals surface area contributed by atoms with Gasteiger partial charge in [0.1, 0.15) is 0 Å². The van der Waals surface area contributed by atoms with Crippen LogP contribution < -0.4 is 0 Å². The number of hydrogen-bond donors (Lipinski definition) is 1. The minimum Gasteiger partial charge on any atom is -0.481 e. The molecule has 1 atom stereocenters. The minimum atomic E-state index is -0.833. The number of hydrogen-bond acceptors (Lipinski definition) is 3. The Bertz CT molecular complexity index is 139. The first-order valence-electron chi connectivity index (χ1n) is 3.76. The average Bonchev–Trinajstić information content (AvgIpc) is 1.84. The van der Waals surface area contributed by atoms with Crippen LogP contribution in [0.15, 0.2) is 0 Å². The molecule has 0 spiro atoms. The number of aliphatic carboxylic acids is 1. The highest BCUT2D eigenvalue weighted by Crippen LogP contribution is 1.94. The summed E-state index contributed by atoms with van der Waals surface area (Å²) < 4.78 is 4.76. The summed E-state index contributed by atoms with van der Waals surface area (Å²) in [6.07, 6.45) is 0.965. The summed E-state index contributed by atoms with van der Waals surface area (Å²) in [4.78, 5) is 19.2. The molecule has 0 aromatic carbocycles. The Morgan fingerprint density at radius 2 is 1.69 bits per heavy atom. The molecule has 0 aliphatic heterocycles. The Labute approximate surface area is 78.0 Å². The molecule has 3 N–H and O–H groups in total. The van der Waals surface area contributed by atoms with Crippen LogP contribution >= 0.6 is 0 Å². The van der Waals surface area contributed by atoms with Crippen molar-refractivity contribution >= 4 is 11.9 Å². The van der Waals surface area contributed by atoms with E-state index in [0.29, 0.717) is 0 Å². The topological polar surface area (TPSA) is 95.1 Å². The molecule has 0 heterocycles. The third-order valence-corrected chi connectivity index (χ3v) is 0.942. The molecule has 0 radical (unpaired) electrons. The number of esters is 1. The van der Waals surface area contributed by atoms with Gasteiger partial charge in [-0.2, -0.15) is 0 Å². The van der Waals surface area contributed by atoms with Crippen molar-refractivity contribution in [2.45, 2.75) is 40.2 Å². The Morgan fingerprint density at radius 1 is 1.38 bits per heavy atom. The number of ether oxygens (including phenoxy) is 1. The molecule has 0 aliphatic carbocycles. The summed E-state index contributed by atoms with van der Waals surface area (Å²) >= 11 is 0. The average molecular weight is 194 g/mol. The van der Waals surface area contributed by atoms with Crippen molar-refractivity contribution in [1.82, 2.24) is 0 Å². The van der Waals surface area contributed by atoms with Crippen molar-refractivity contribution in [3.05, 3.63) is 0 Å². The van der Waals surface area contributed by atoms with Crippen LogP contribution in [0.25, 0.3) is 0 Å². The lowest BCUT2D eigenvalue weighted by Crippen LogP contribution is -2.09. The maximum absolute atomic E-state index is 10.2. The van der Waals surface area contributed by atoms with Crippen LogP contribution in [0.4, 0.5) is 0 Å². The summed E-state index contributed by atoms with van der Waals surface area (Å²) in [5.74, 6) is -1.03. The van der Waals surface area contributed by atoms with E-state index >= 15 is 0 Å². The number of carbonyl (C=O) groups excluding carboxylic acids is 1. The van der Waals surface area contributed by atoms with E-state index in [-0.39, 0.29) is 17.5 Å².